The third kappa shape index (κ3) is 1.31. The van der Waals surface area contributed by atoms with Crippen molar-refractivity contribution >= 4 is 27.4 Å². The molecule has 0 radical (unpaired) electrons. The molecular weight excluding hydrogens is 236 g/mol. The summed E-state index contributed by atoms with van der Waals surface area (Å²) in [6, 6.07) is 3.25. The second-order valence-corrected chi connectivity index (χ2v) is 3.40. The molecular formula is C8H5BrN2O2. The van der Waals surface area contributed by atoms with Gasteiger partial charge in [0.1, 0.15) is 0 Å². The standard InChI is InChI=1S/C8H5BrN2O2/c9-6-3-10-11-4-5(8(12)13)1-2-7(6)11/h1-4H,(H,12,13). The molecule has 0 spiro atoms. The molecule has 0 unspecified atom stereocenters. The monoisotopic (exact) mass is 240 g/mol. The minimum atomic E-state index is -0.950. The average Bonchev–Trinajstić information content (AvgIpc) is 2.47. The lowest BCUT2D eigenvalue weighted by Crippen LogP contribution is -1.98. The SMILES string of the molecule is O=C(O)c1ccc2c(Br)cnn2c1. The van der Waals surface area contributed by atoms with Crippen LogP contribution in [0.5, 0.6) is 0 Å². The molecule has 0 aliphatic heterocycles. The van der Waals surface area contributed by atoms with Crippen molar-refractivity contribution in [3.63, 3.8) is 0 Å². The highest BCUT2D eigenvalue weighted by atomic mass is 79.9. The van der Waals surface area contributed by atoms with Gasteiger partial charge in [-0.1, -0.05) is 0 Å². The minimum Gasteiger partial charge on any atom is -0.478 e. The van der Waals surface area contributed by atoms with Crippen molar-refractivity contribution in [3.8, 4) is 0 Å². The second kappa shape index (κ2) is 2.85. The molecule has 0 aliphatic carbocycles. The van der Waals surface area contributed by atoms with Crippen LogP contribution in [-0.2, 0) is 0 Å². The number of pyridine rings is 1. The fourth-order valence-electron chi connectivity index (χ4n) is 1.08. The number of hydrogen-bond donors (Lipinski definition) is 1. The molecule has 13 heavy (non-hydrogen) atoms. The summed E-state index contributed by atoms with van der Waals surface area (Å²) in [7, 11) is 0. The Kier molecular flexibility index (Phi) is 1.81. The van der Waals surface area contributed by atoms with E-state index in [9.17, 15) is 4.79 Å². The van der Waals surface area contributed by atoms with E-state index in [1.165, 1.54) is 10.7 Å². The van der Waals surface area contributed by atoms with E-state index in [-0.39, 0.29) is 5.56 Å². The fourth-order valence-corrected chi connectivity index (χ4v) is 1.48. The van der Waals surface area contributed by atoms with E-state index in [2.05, 4.69) is 21.0 Å². The van der Waals surface area contributed by atoms with Gasteiger partial charge in [-0.2, -0.15) is 5.10 Å². The maximum atomic E-state index is 10.6. The number of carbonyl (C=O) groups is 1. The predicted octanol–water partition coefficient (Wildman–Crippen LogP) is 1.79. The van der Waals surface area contributed by atoms with Crippen LogP contribution in [0.15, 0.2) is 29.0 Å². The van der Waals surface area contributed by atoms with Crippen LogP contribution in [0.4, 0.5) is 0 Å². The molecule has 2 rings (SSSR count). The van der Waals surface area contributed by atoms with Crippen molar-refractivity contribution < 1.29 is 9.90 Å². The van der Waals surface area contributed by atoms with Crippen LogP contribution in [-0.4, -0.2) is 20.7 Å². The van der Waals surface area contributed by atoms with Crippen molar-refractivity contribution in [1.29, 1.82) is 0 Å². The number of hydrogen-bond acceptors (Lipinski definition) is 2. The van der Waals surface area contributed by atoms with Crippen molar-refractivity contribution in [2.75, 3.05) is 0 Å². The zero-order valence-electron chi connectivity index (χ0n) is 6.44. The summed E-state index contributed by atoms with van der Waals surface area (Å²) in [6.07, 6.45) is 3.10. The third-order valence-corrected chi connectivity index (χ3v) is 2.33. The van der Waals surface area contributed by atoms with Crippen molar-refractivity contribution in [2.45, 2.75) is 0 Å². The number of carboxylic acids is 1. The van der Waals surface area contributed by atoms with E-state index in [4.69, 9.17) is 5.11 Å². The lowest BCUT2D eigenvalue weighted by molar-refractivity contribution is 0.0696. The van der Waals surface area contributed by atoms with Crippen molar-refractivity contribution in [2.24, 2.45) is 0 Å². The summed E-state index contributed by atoms with van der Waals surface area (Å²) in [4.78, 5) is 10.6. The molecule has 2 aromatic rings. The Labute approximate surface area is 81.9 Å². The topological polar surface area (TPSA) is 54.6 Å². The van der Waals surface area contributed by atoms with Crippen molar-refractivity contribution in [3.05, 3.63) is 34.6 Å². The maximum absolute atomic E-state index is 10.6. The molecule has 0 amide bonds. The Bertz CT molecular complexity index is 478. The Morgan fingerprint density at radius 2 is 2.31 bits per heavy atom. The highest BCUT2D eigenvalue weighted by molar-refractivity contribution is 9.10. The van der Waals surface area contributed by atoms with Crippen LogP contribution >= 0.6 is 15.9 Å². The summed E-state index contributed by atoms with van der Waals surface area (Å²) in [5, 5.41) is 12.7. The molecule has 5 heteroatoms. The number of halogens is 1. The molecule has 0 saturated heterocycles. The van der Waals surface area contributed by atoms with Gasteiger partial charge in [0.25, 0.3) is 0 Å². The molecule has 0 aliphatic rings. The van der Waals surface area contributed by atoms with Gasteiger partial charge in [0.2, 0.25) is 0 Å². The Hall–Kier alpha value is -1.36. The van der Waals surface area contributed by atoms with E-state index < -0.39 is 5.97 Å². The number of fused-ring (bicyclic) bond motifs is 1. The van der Waals surface area contributed by atoms with Gasteiger partial charge >= 0.3 is 5.97 Å². The van der Waals surface area contributed by atoms with E-state index in [0.717, 1.165) is 9.99 Å². The summed E-state index contributed by atoms with van der Waals surface area (Å²) >= 11 is 3.30. The van der Waals surface area contributed by atoms with Crippen LogP contribution in [0.3, 0.4) is 0 Å². The summed E-state index contributed by atoms with van der Waals surface area (Å²) < 4.78 is 2.37. The number of rotatable bonds is 1. The summed E-state index contributed by atoms with van der Waals surface area (Å²) in [5.41, 5.74) is 1.08. The van der Waals surface area contributed by atoms with Gasteiger partial charge in [-0.3, -0.25) is 0 Å². The lowest BCUT2D eigenvalue weighted by Gasteiger charge is -1.95. The first kappa shape index (κ1) is 8.25. The zero-order valence-corrected chi connectivity index (χ0v) is 8.02. The van der Waals surface area contributed by atoms with Crippen LogP contribution in [0.25, 0.3) is 5.52 Å². The second-order valence-electron chi connectivity index (χ2n) is 2.55. The van der Waals surface area contributed by atoms with E-state index in [1.807, 2.05) is 0 Å². The Morgan fingerprint density at radius 1 is 1.54 bits per heavy atom. The Balaban J connectivity index is 2.70. The summed E-state index contributed by atoms with van der Waals surface area (Å²) in [6.45, 7) is 0. The van der Waals surface area contributed by atoms with Crippen LogP contribution in [0, 0.1) is 0 Å². The number of nitrogens with zero attached hydrogens (tertiary/aromatic N) is 2. The van der Waals surface area contributed by atoms with E-state index in [0.29, 0.717) is 0 Å². The Morgan fingerprint density at radius 3 is 3.00 bits per heavy atom. The predicted molar refractivity (Wildman–Crippen MR) is 49.9 cm³/mol. The molecule has 0 saturated carbocycles. The van der Waals surface area contributed by atoms with Crippen LogP contribution in [0.2, 0.25) is 0 Å². The quantitative estimate of drug-likeness (QED) is 0.828. The smallest absolute Gasteiger partial charge is 0.337 e. The van der Waals surface area contributed by atoms with Gasteiger partial charge in [-0.05, 0) is 28.1 Å². The normalized spacial score (nSPS) is 10.5. The molecule has 0 atom stereocenters. The molecule has 0 bridgehead atoms. The minimum absolute atomic E-state index is 0.225. The van der Waals surface area contributed by atoms with Crippen LogP contribution < -0.4 is 0 Å². The molecule has 0 fully saturated rings. The van der Waals surface area contributed by atoms with Gasteiger partial charge in [0, 0.05) is 6.20 Å². The zero-order chi connectivity index (χ0) is 9.42. The van der Waals surface area contributed by atoms with E-state index in [1.54, 1.807) is 18.3 Å². The fraction of sp³-hybridized carbons (Fsp3) is 0. The molecule has 0 aromatic carbocycles. The van der Waals surface area contributed by atoms with Gasteiger partial charge in [0.05, 0.1) is 21.7 Å². The van der Waals surface area contributed by atoms with Gasteiger partial charge in [-0.15, -0.1) is 0 Å². The molecule has 4 nitrogen and oxygen atoms in total. The molecule has 2 aromatic heterocycles. The van der Waals surface area contributed by atoms with Crippen LogP contribution in [0.1, 0.15) is 10.4 Å². The first-order valence-electron chi connectivity index (χ1n) is 3.54. The maximum Gasteiger partial charge on any atom is 0.337 e. The highest BCUT2D eigenvalue weighted by Crippen LogP contribution is 2.17. The van der Waals surface area contributed by atoms with Gasteiger partial charge in [0.15, 0.2) is 0 Å². The first-order valence-corrected chi connectivity index (χ1v) is 4.34. The molecule has 2 heterocycles. The highest BCUT2D eigenvalue weighted by Gasteiger charge is 2.05. The first-order chi connectivity index (χ1) is 6.18. The molecule has 1 N–H and O–H groups in total. The van der Waals surface area contributed by atoms with Crippen molar-refractivity contribution in [1.82, 2.24) is 9.61 Å². The molecule has 66 valence electrons. The largest absolute Gasteiger partial charge is 0.478 e. The van der Waals surface area contributed by atoms with Gasteiger partial charge < -0.3 is 5.11 Å². The average molecular weight is 241 g/mol. The third-order valence-electron chi connectivity index (χ3n) is 1.72. The van der Waals surface area contributed by atoms with E-state index >= 15 is 0 Å². The number of carboxylic acid groups (broad SMARTS) is 1. The summed E-state index contributed by atoms with van der Waals surface area (Å²) in [5.74, 6) is -0.950. The number of aromatic carboxylic acids is 1. The number of aromatic nitrogens is 2. The van der Waals surface area contributed by atoms with Gasteiger partial charge in [-0.25, -0.2) is 9.31 Å². The lowest BCUT2D eigenvalue weighted by atomic mass is 10.3.